The summed E-state index contributed by atoms with van der Waals surface area (Å²) < 4.78 is 13.9. The highest BCUT2D eigenvalue weighted by molar-refractivity contribution is 6.30. The lowest BCUT2D eigenvalue weighted by molar-refractivity contribution is -0.138. The first kappa shape index (κ1) is 33.5. The van der Waals surface area contributed by atoms with Gasteiger partial charge >= 0.3 is 0 Å². The second kappa shape index (κ2) is 12.3. The van der Waals surface area contributed by atoms with Gasteiger partial charge in [-0.2, -0.15) is 5.01 Å². The lowest BCUT2D eigenvalue weighted by atomic mass is 9.49. The predicted octanol–water partition coefficient (Wildman–Crippen LogP) is 6.89. The second-order valence-corrected chi connectivity index (χ2v) is 14.4. The normalized spacial score (nSPS) is 26.5. The van der Waals surface area contributed by atoms with Crippen molar-refractivity contribution in [2.75, 3.05) is 10.3 Å². The summed E-state index contributed by atoms with van der Waals surface area (Å²) >= 11 is 6.35. The Bertz CT molecular complexity index is 2220. The highest BCUT2D eigenvalue weighted by Gasteiger charge is 2.70. The van der Waals surface area contributed by atoms with Crippen molar-refractivity contribution in [1.82, 2.24) is 5.01 Å². The number of carbonyl (C=O) groups excluding carboxylic acids is 5. The Morgan fingerprint density at radius 2 is 1.58 bits per heavy atom. The number of phenolic OH excluding ortho intramolecular Hbond substituents is 1. The van der Waals surface area contributed by atoms with Crippen LogP contribution in [0.4, 0.5) is 15.8 Å². The number of nitrogens with one attached hydrogen (secondary N) is 1. The van der Waals surface area contributed by atoms with Crippen molar-refractivity contribution in [2.45, 2.75) is 38.0 Å². The van der Waals surface area contributed by atoms with Gasteiger partial charge in [-0.3, -0.25) is 34.3 Å². The minimum Gasteiger partial charge on any atom is -0.507 e. The number of benzene rings is 4. The smallest absolute Gasteiger partial charge is 0.260 e. The molecule has 2 saturated heterocycles. The number of phenols is 1. The largest absolute Gasteiger partial charge is 0.507 e. The lowest BCUT2D eigenvalue weighted by Crippen LogP contribution is -2.53. The number of Topliss-reactive ketones (excluding diaryl/α,β-unsaturated/α-hetero) is 1. The molecule has 4 aromatic carbocycles. The summed E-state index contributed by atoms with van der Waals surface area (Å²) in [7, 11) is 0. The van der Waals surface area contributed by atoms with Crippen molar-refractivity contribution < 1.29 is 33.5 Å². The standard InChI is InChI=1S/C41H33ClFN3O6/c1-21-4-3-5-31(36(21)48)35-29-18-19-30-34(39(51)45(37(30)49)28-16-6-23(7-17-28)22(2)47)32(29)20-33-38(50)46(44-27-14-12-26(43)13-15-27)40(52)41(33,35)24-8-10-25(42)11-9-24/h3-18,30,32-35,44,48H,19-20H2,1-2H3. The van der Waals surface area contributed by atoms with E-state index in [0.29, 0.717) is 44.2 Å². The number of hydrogen-bond donors (Lipinski definition) is 2. The molecule has 2 heterocycles. The zero-order valence-electron chi connectivity index (χ0n) is 28.2. The molecule has 6 unspecified atom stereocenters. The third-order valence-corrected chi connectivity index (χ3v) is 11.6. The number of ketones is 1. The van der Waals surface area contributed by atoms with Crippen LogP contribution in [0.15, 0.2) is 103 Å². The van der Waals surface area contributed by atoms with Crippen LogP contribution >= 0.6 is 11.6 Å². The molecule has 8 rings (SSSR count). The van der Waals surface area contributed by atoms with Crippen LogP contribution in [0, 0.1) is 36.4 Å². The minimum absolute atomic E-state index is 0.0468. The zero-order chi connectivity index (χ0) is 36.6. The fourth-order valence-electron chi connectivity index (χ4n) is 9.01. The van der Waals surface area contributed by atoms with Crippen molar-refractivity contribution in [2.24, 2.45) is 23.7 Å². The van der Waals surface area contributed by atoms with Crippen molar-refractivity contribution >= 4 is 52.4 Å². The number of anilines is 2. The van der Waals surface area contributed by atoms with Crippen molar-refractivity contribution in [3.8, 4) is 5.75 Å². The van der Waals surface area contributed by atoms with E-state index in [1.165, 1.54) is 36.1 Å². The van der Waals surface area contributed by atoms with Gasteiger partial charge in [-0.25, -0.2) is 4.39 Å². The average molecular weight is 718 g/mol. The monoisotopic (exact) mass is 717 g/mol. The van der Waals surface area contributed by atoms with Gasteiger partial charge in [-0.05, 0) is 104 Å². The molecular weight excluding hydrogens is 685 g/mol. The highest BCUT2D eigenvalue weighted by Crippen LogP contribution is 2.65. The van der Waals surface area contributed by atoms with Gasteiger partial charge < -0.3 is 5.11 Å². The molecule has 2 aliphatic carbocycles. The summed E-state index contributed by atoms with van der Waals surface area (Å²) in [5, 5.41) is 13.1. The summed E-state index contributed by atoms with van der Waals surface area (Å²) in [6.07, 6.45) is 2.17. The summed E-state index contributed by atoms with van der Waals surface area (Å²) in [4.78, 5) is 71.6. The van der Waals surface area contributed by atoms with Gasteiger partial charge in [-0.1, -0.05) is 53.6 Å². The van der Waals surface area contributed by atoms with E-state index in [0.717, 1.165) is 5.01 Å². The molecular formula is C41H33ClFN3O6. The summed E-state index contributed by atoms with van der Waals surface area (Å²) in [5.74, 6) is -6.82. The Kier molecular flexibility index (Phi) is 7.91. The van der Waals surface area contributed by atoms with Crippen LogP contribution in [0.3, 0.4) is 0 Å². The number of allylic oxidation sites excluding steroid dienone is 2. The number of amides is 4. The molecule has 4 amide bonds. The molecule has 2 N–H and O–H groups in total. The van der Waals surface area contributed by atoms with Crippen LogP contribution in [0.25, 0.3) is 0 Å². The number of fused-ring (bicyclic) bond motifs is 4. The Labute approximate surface area is 303 Å². The molecule has 9 nitrogen and oxygen atoms in total. The number of hydrogen-bond acceptors (Lipinski definition) is 7. The van der Waals surface area contributed by atoms with Crippen molar-refractivity contribution in [3.63, 3.8) is 0 Å². The Morgan fingerprint density at radius 3 is 2.25 bits per heavy atom. The van der Waals surface area contributed by atoms with Crippen molar-refractivity contribution in [3.05, 3.63) is 136 Å². The SMILES string of the molecule is CC(=O)c1ccc(N2C(=O)C3CC=C4C(CC5C(=O)N(Nc6ccc(F)cc6)C(=O)C5(c5ccc(Cl)cc5)C4c4cccc(C)c4O)C3C2=O)cc1. The fraction of sp³-hybridized carbons (Fsp3) is 0.244. The topological polar surface area (TPSA) is 124 Å². The Hall–Kier alpha value is -5.61. The minimum atomic E-state index is -1.61. The van der Waals surface area contributed by atoms with E-state index in [-0.39, 0.29) is 30.3 Å². The number of hydrazine groups is 1. The first-order valence-electron chi connectivity index (χ1n) is 17.1. The molecule has 0 spiro atoms. The van der Waals surface area contributed by atoms with Gasteiger partial charge in [0.15, 0.2) is 5.78 Å². The van der Waals surface area contributed by atoms with Crippen molar-refractivity contribution in [1.29, 1.82) is 0 Å². The summed E-state index contributed by atoms with van der Waals surface area (Å²) in [6.45, 7) is 3.18. The van der Waals surface area contributed by atoms with Crippen LogP contribution in [0.1, 0.15) is 52.7 Å². The lowest BCUT2D eigenvalue weighted by Gasteiger charge is -2.50. The van der Waals surface area contributed by atoms with E-state index >= 15 is 4.79 Å². The fourth-order valence-corrected chi connectivity index (χ4v) is 9.14. The molecule has 11 heteroatoms. The molecule has 4 aromatic rings. The number of imide groups is 2. The van der Waals surface area contributed by atoms with Gasteiger partial charge in [0.05, 0.1) is 34.5 Å². The molecule has 0 bridgehead atoms. The van der Waals surface area contributed by atoms with E-state index in [4.69, 9.17) is 11.6 Å². The van der Waals surface area contributed by atoms with Crippen LogP contribution < -0.4 is 10.3 Å². The second-order valence-electron chi connectivity index (χ2n) is 14.0. The number of carbonyl (C=O) groups is 5. The first-order chi connectivity index (χ1) is 24.9. The van der Waals surface area contributed by atoms with Gasteiger partial charge in [-0.15, -0.1) is 0 Å². The molecule has 3 fully saturated rings. The summed E-state index contributed by atoms with van der Waals surface area (Å²) in [5.41, 5.74) is 4.56. The third-order valence-electron chi connectivity index (χ3n) is 11.4. The highest BCUT2D eigenvalue weighted by atomic mass is 35.5. The third kappa shape index (κ3) is 4.84. The average Bonchev–Trinajstić information content (AvgIpc) is 3.51. The Balaban J connectivity index is 1.31. The van der Waals surface area contributed by atoms with Gasteiger partial charge in [0, 0.05) is 22.1 Å². The molecule has 52 heavy (non-hydrogen) atoms. The Morgan fingerprint density at radius 1 is 0.885 bits per heavy atom. The quantitative estimate of drug-likeness (QED) is 0.127. The van der Waals surface area contributed by atoms with E-state index < -0.39 is 58.5 Å². The number of halogens is 2. The van der Waals surface area contributed by atoms with Gasteiger partial charge in [0.25, 0.3) is 11.8 Å². The number of rotatable bonds is 6. The van der Waals surface area contributed by atoms with E-state index in [1.807, 2.05) is 6.08 Å². The van der Waals surface area contributed by atoms with E-state index in [9.17, 15) is 28.7 Å². The molecule has 0 radical (unpaired) electrons. The van der Waals surface area contributed by atoms with Crippen LogP contribution in [-0.4, -0.2) is 39.5 Å². The maximum atomic E-state index is 15.2. The number of aromatic hydroxyl groups is 1. The van der Waals surface area contributed by atoms with Crippen LogP contribution in [0.5, 0.6) is 5.75 Å². The van der Waals surface area contributed by atoms with E-state index in [2.05, 4.69) is 5.43 Å². The molecule has 262 valence electrons. The number of aryl methyl sites for hydroxylation is 1. The molecule has 6 atom stereocenters. The molecule has 2 aliphatic heterocycles. The maximum Gasteiger partial charge on any atom is 0.260 e. The first-order valence-corrected chi connectivity index (χ1v) is 17.4. The summed E-state index contributed by atoms with van der Waals surface area (Å²) in [6, 6.07) is 23.6. The van der Waals surface area contributed by atoms with Gasteiger partial charge in [0.2, 0.25) is 11.8 Å². The zero-order valence-corrected chi connectivity index (χ0v) is 28.9. The van der Waals surface area contributed by atoms with Gasteiger partial charge in [0.1, 0.15) is 11.6 Å². The van der Waals surface area contributed by atoms with Crippen LogP contribution in [-0.2, 0) is 24.6 Å². The van der Waals surface area contributed by atoms with E-state index in [1.54, 1.807) is 73.7 Å². The molecule has 1 saturated carbocycles. The number of nitrogens with zero attached hydrogens (tertiary/aromatic N) is 2. The molecule has 0 aromatic heterocycles. The predicted molar refractivity (Wildman–Crippen MR) is 191 cm³/mol. The molecule has 4 aliphatic rings. The van der Waals surface area contributed by atoms with Crippen LogP contribution in [0.2, 0.25) is 5.02 Å². The maximum absolute atomic E-state index is 15.2. The number of para-hydroxylation sites is 1.